The van der Waals surface area contributed by atoms with Gasteiger partial charge in [0.25, 0.3) is 5.91 Å². The predicted molar refractivity (Wildman–Crippen MR) is 124 cm³/mol. The van der Waals surface area contributed by atoms with E-state index in [2.05, 4.69) is 39.8 Å². The van der Waals surface area contributed by atoms with Crippen molar-refractivity contribution >= 4 is 40.6 Å². The summed E-state index contributed by atoms with van der Waals surface area (Å²) in [5.74, 6) is -0.162. The molecule has 0 radical (unpaired) electrons. The number of para-hydroxylation sites is 2. The molecule has 0 aromatic heterocycles. The molecule has 31 heavy (non-hydrogen) atoms. The second kappa shape index (κ2) is 8.47. The topological polar surface area (TPSA) is 61.4 Å². The molecule has 5 nitrogen and oxygen atoms in total. The molecule has 5 rings (SSSR count). The first-order valence-electron chi connectivity index (χ1n) is 10.5. The number of carbonyl (C=O) groups is 2. The lowest BCUT2D eigenvalue weighted by Gasteiger charge is -2.32. The van der Waals surface area contributed by atoms with E-state index in [1.54, 1.807) is 30.0 Å². The van der Waals surface area contributed by atoms with Crippen molar-refractivity contribution in [3.05, 3.63) is 78.4 Å². The molecule has 0 saturated heterocycles. The molecule has 0 bridgehead atoms. The minimum absolute atomic E-state index is 0.0760. The number of anilines is 3. The molecule has 156 valence electrons. The van der Waals surface area contributed by atoms with E-state index in [0.29, 0.717) is 30.3 Å². The van der Waals surface area contributed by atoms with Crippen LogP contribution >= 0.6 is 11.8 Å². The summed E-state index contributed by atoms with van der Waals surface area (Å²) in [5.41, 5.74) is 3.46. The van der Waals surface area contributed by atoms with Gasteiger partial charge in [0.05, 0.1) is 11.4 Å². The van der Waals surface area contributed by atoms with Crippen molar-refractivity contribution in [2.75, 3.05) is 16.8 Å². The number of carbonyl (C=O) groups excluding carboxylic acids is 2. The summed E-state index contributed by atoms with van der Waals surface area (Å²) in [4.78, 5) is 29.6. The van der Waals surface area contributed by atoms with Crippen LogP contribution in [-0.2, 0) is 4.79 Å². The van der Waals surface area contributed by atoms with E-state index in [4.69, 9.17) is 0 Å². The molecule has 2 amide bonds. The molecule has 2 aliphatic rings. The lowest BCUT2D eigenvalue weighted by Crippen LogP contribution is -2.26. The Kier molecular flexibility index (Phi) is 5.38. The highest BCUT2D eigenvalue weighted by molar-refractivity contribution is 7.99. The van der Waals surface area contributed by atoms with Crippen molar-refractivity contribution in [3.8, 4) is 0 Å². The van der Waals surface area contributed by atoms with E-state index in [9.17, 15) is 9.59 Å². The normalized spacial score (nSPS) is 14.4. The fourth-order valence-electron chi connectivity index (χ4n) is 3.69. The van der Waals surface area contributed by atoms with Crippen LogP contribution in [-0.4, -0.2) is 24.4 Å². The van der Waals surface area contributed by atoms with Crippen LogP contribution in [0.5, 0.6) is 0 Å². The van der Waals surface area contributed by atoms with Crippen molar-refractivity contribution in [2.45, 2.75) is 35.1 Å². The zero-order valence-corrected chi connectivity index (χ0v) is 17.8. The molecule has 1 saturated carbocycles. The maximum atomic E-state index is 12.7. The average Bonchev–Trinajstić information content (AvgIpc) is 3.61. The third-order valence-electron chi connectivity index (χ3n) is 5.42. The molecule has 6 heteroatoms. The van der Waals surface area contributed by atoms with Gasteiger partial charge in [0.2, 0.25) is 5.91 Å². The minimum atomic E-state index is -0.0855. The van der Waals surface area contributed by atoms with Crippen LogP contribution in [0.1, 0.15) is 29.6 Å². The van der Waals surface area contributed by atoms with Crippen molar-refractivity contribution in [3.63, 3.8) is 0 Å². The highest BCUT2D eigenvalue weighted by atomic mass is 32.2. The highest BCUT2D eigenvalue weighted by Gasteiger charge is 2.24. The number of rotatable bonds is 6. The highest BCUT2D eigenvalue weighted by Crippen LogP contribution is 2.47. The zero-order chi connectivity index (χ0) is 21.2. The Morgan fingerprint density at radius 2 is 1.58 bits per heavy atom. The van der Waals surface area contributed by atoms with Gasteiger partial charge in [-0.1, -0.05) is 42.1 Å². The minimum Gasteiger partial charge on any atom is -0.349 e. The maximum absolute atomic E-state index is 12.7. The summed E-state index contributed by atoms with van der Waals surface area (Å²) in [6.07, 6.45) is 2.43. The van der Waals surface area contributed by atoms with Crippen LogP contribution in [0.2, 0.25) is 0 Å². The van der Waals surface area contributed by atoms with Crippen LogP contribution in [0.25, 0.3) is 0 Å². The zero-order valence-electron chi connectivity index (χ0n) is 17.0. The van der Waals surface area contributed by atoms with Crippen molar-refractivity contribution < 1.29 is 9.59 Å². The first-order valence-corrected chi connectivity index (χ1v) is 11.3. The predicted octanol–water partition coefficient (Wildman–Crippen LogP) is 5.21. The van der Waals surface area contributed by atoms with Gasteiger partial charge in [-0.05, 0) is 55.3 Å². The molecule has 0 unspecified atom stereocenters. The summed E-state index contributed by atoms with van der Waals surface area (Å²) < 4.78 is 0. The molecule has 1 heterocycles. The summed E-state index contributed by atoms with van der Waals surface area (Å²) in [5, 5.41) is 5.92. The second-order valence-electron chi connectivity index (χ2n) is 7.82. The van der Waals surface area contributed by atoms with Crippen LogP contribution in [0.4, 0.5) is 17.1 Å². The van der Waals surface area contributed by atoms with Gasteiger partial charge in [0.1, 0.15) is 0 Å². The van der Waals surface area contributed by atoms with Gasteiger partial charge < -0.3 is 15.5 Å². The number of benzene rings is 3. The van der Waals surface area contributed by atoms with E-state index in [-0.39, 0.29) is 11.8 Å². The van der Waals surface area contributed by atoms with E-state index >= 15 is 0 Å². The molecule has 3 aromatic rings. The van der Waals surface area contributed by atoms with E-state index in [1.807, 2.05) is 30.3 Å². The van der Waals surface area contributed by atoms with Crippen LogP contribution in [0, 0.1) is 0 Å². The molecule has 3 aromatic carbocycles. The molecular formula is C25H23N3O2S. The number of nitrogens with one attached hydrogen (secondary N) is 2. The Labute approximate surface area is 185 Å². The first kappa shape index (κ1) is 19.7. The third kappa shape index (κ3) is 4.44. The number of fused-ring (bicyclic) bond motifs is 2. The molecule has 0 atom stereocenters. The number of amides is 2. The average molecular weight is 430 g/mol. The number of nitrogens with zero attached hydrogens (tertiary/aromatic N) is 1. The van der Waals surface area contributed by atoms with E-state index < -0.39 is 0 Å². The van der Waals surface area contributed by atoms with Gasteiger partial charge >= 0.3 is 0 Å². The quantitative estimate of drug-likeness (QED) is 0.565. The molecule has 2 N–H and O–H groups in total. The first-order chi connectivity index (χ1) is 15.2. The van der Waals surface area contributed by atoms with Crippen LogP contribution < -0.4 is 15.5 Å². The largest absolute Gasteiger partial charge is 0.349 e. The lowest BCUT2D eigenvalue weighted by atomic mass is 10.1. The van der Waals surface area contributed by atoms with E-state index in [0.717, 1.165) is 24.2 Å². The SMILES string of the molecule is O=C(CCN1c2ccccc2Sc2ccccc21)Nc1cccc(C(=O)NC2CC2)c1. The van der Waals surface area contributed by atoms with E-state index in [1.165, 1.54) is 9.79 Å². The van der Waals surface area contributed by atoms with Crippen molar-refractivity contribution in [1.82, 2.24) is 5.32 Å². The summed E-state index contributed by atoms with van der Waals surface area (Å²) in [6, 6.07) is 24.0. The second-order valence-corrected chi connectivity index (χ2v) is 8.90. The van der Waals surface area contributed by atoms with Gasteiger partial charge in [-0.2, -0.15) is 0 Å². The Bertz CT molecular complexity index is 1100. The van der Waals surface area contributed by atoms with Gasteiger partial charge in [-0.15, -0.1) is 0 Å². The molecule has 1 aliphatic carbocycles. The van der Waals surface area contributed by atoms with Gasteiger partial charge in [-0.25, -0.2) is 0 Å². The monoisotopic (exact) mass is 429 g/mol. The number of hydrogen-bond acceptors (Lipinski definition) is 4. The summed E-state index contributed by atoms with van der Waals surface area (Å²) in [7, 11) is 0. The maximum Gasteiger partial charge on any atom is 0.251 e. The van der Waals surface area contributed by atoms with Gasteiger partial charge in [-0.3, -0.25) is 9.59 Å². The third-order valence-corrected chi connectivity index (χ3v) is 6.55. The summed E-state index contributed by atoms with van der Waals surface area (Å²) >= 11 is 1.76. The molecule has 1 fully saturated rings. The van der Waals surface area contributed by atoms with Crippen LogP contribution in [0.3, 0.4) is 0 Å². The Morgan fingerprint density at radius 3 is 2.26 bits per heavy atom. The fraction of sp³-hybridized carbons (Fsp3) is 0.200. The molecule has 1 aliphatic heterocycles. The van der Waals surface area contributed by atoms with Crippen molar-refractivity contribution in [2.24, 2.45) is 0 Å². The molecule has 0 spiro atoms. The fourth-order valence-corrected chi connectivity index (χ4v) is 4.79. The lowest BCUT2D eigenvalue weighted by molar-refractivity contribution is -0.116. The molecular weight excluding hydrogens is 406 g/mol. The van der Waals surface area contributed by atoms with Crippen molar-refractivity contribution in [1.29, 1.82) is 0 Å². The van der Waals surface area contributed by atoms with Gasteiger partial charge in [0.15, 0.2) is 0 Å². The smallest absolute Gasteiger partial charge is 0.251 e. The Morgan fingerprint density at radius 1 is 0.903 bits per heavy atom. The van der Waals surface area contributed by atoms with Crippen LogP contribution in [0.15, 0.2) is 82.6 Å². The Hall–Kier alpha value is -3.25. The standard InChI is InChI=1S/C25H23N3O2S/c29-24(26-19-7-5-6-17(16-19)25(30)27-18-12-13-18)14-15-28-20-8-1-3-10-22(20)31-23-11-4-2-9-21(23)28/h1-11,16,18H,12-15H2,(H,26,29)(H,27,30). The summed E-state index contributed by atoms with van der Waals surface area (Å²) in [6.45, 7) is 0.572. The van der Waals surface area contributed by atoms with Gasteiger partial charge in [0, 0.05) is 40.0 Å². The number of hydrogen-bond donors (Lipinski definition) is 2. The Balaban J connectivity index is 1.27.